The molecule has 2 fully saturated rings. The lowest BCUT2D eigenvalue weighted by Gasteiger charge is -2.35. The van der Waals surface area contributed by atoms with Crippen LogP contribution in [0.4, 0.5) is 27.9 Å². The molecule has 4 N–H and O–H groups in total. The number of aryl methyl sites for hydroxylation is 2. The molecule has 0 bridgehead atoms. The van der Waals surface area contributed by atoms with E-state index in [9.17, 15) is 28.8 Å². The van der Waals surface area contributed by atoms with Crippen LogP contribution in [0.15, 0.2) is 42.7 Å². The summed E-state index contributed by atoms with van der Waals surface area (Å²) in [6.07, 6.45) is 5.61. The predicted octanol–water partition coefficient (Wildman–Crippen LogP) is 3.82. The summed E-state index contributed by atoms with van der Waals surface area (Å²) in [5.41, 5.74) is 2.66. The van der Waals surface area contributed by atoms with Crippen molar-refractivity contribution in [1.29, 1.82) is 0 Å². The minimum atomic E-state index is -1.15. The number of urea groups is 1. The first-order valence-electron chi connectivity index (χ1n) is 20.6. The maximum atomic E-state index is 14.2. The number of nitrogens with zero attached hydrogens (tertiary/aromatic N) is 7. The lowest BCUT2D eigenvalue weighted by molar-refractivity contribution is -0.142. The number of rotatable bonds is 14. The van der Waals surface area contributed by atoms with Crippen LogP contribution < -0.4 is 31.1 Å². The van der Waals surface area contributed by atoms with Crippen LogP contribution in [0.5, 0.6) is 0 Å². The van der Waals surface area contributed by atoms with E-state index < -0.39 is 47.3 Å². The van der Waals surface area contributed by atoms with Crippen molar-refractivity contribution in [2.75, 3.05) is 42.8 Å². The average molecular weight is 824 g/mol. The second-order valence-corrected chi connectivity index (χ2v) is 17.1. The molecule has 7 amide bonds. The highest BCUT2D eigenvalue weighted by Gasteiger charge is 2.53. The molecule has 2 aliphatic heterocycles. The molecule has 2 aromatic heterocycles. The lowest BCUT2D eigenvalue weighted by atomic mass is 10.0. The van der Waals surface area contributed by atoms with Gasteiger partial charge in [-0.15, -0.1) is 0 Å². The van der Waals surface area contributed by atoms with E-state index in [0.717, 1.165) is 11.3 Å². The number of likely N-dealkylation sites (N-methyl/N-ethyl adjacent to an activating group) is 1. The Morgan fingerprint density at radius 1 is 0.967 bits per heavy atom. The van der Waals surface area contributed by atoms with E-state index in [1.807, 2.05) is 53.7 Å². The molecule has 17 nitrogen and oxygen atoms in total. The highest BCUT2D eigenvalue weighted by Crippen LogP contribution is 2.37. The number of likely N-dealkylation sites (tertiary alicyclic amines) is 1. The molecule has 320 valence electrons. The van der Waals surface area contributed by atoms with Crippen LogP contribution in [-0.2, 0) is 25.7 Å². The molecule has 3 atom stereocenters. The molecule has 4 heterocycles. The highest BCUT2D eigenvalue weighted by molar-refractivity contribution is 6.07. The van der Waals surface area contributed by atoms with Gasteiger partial charge < -0.3 is 31.1 Å². The van der Waals surface area contributed by atoms with Crippen LogP contribution in [0.2, 0.25) is 0 Å². The fourth-order valence-electron chi connectivity index (χ4n) is 7.64. The Morgan fingerprint density at radius 3 is 2.33 bits per heavy atom. The Morgan fingerprint density at radius 2 is 1.70 bits per heavy atom. The number of carbonyl (C=O) groups is 6. The Hall–Kier alpha value is -6.13. The molecule has 1 unspecified atom stereocenters. The number of benzene rings is 1. The van der Waals surface area contributed by atoms with Crippen molar-refractivity contribution in [2.24, 2.45) is 11.8 Å². The fraction of sp³-hybridized carbons (Fsp3) is 0.512. The van der Waals surface area contributed by atoms with E-state index in [2.05, 4.69) is 36.2 Å². The van der Waals surface area contributed by atoms with Gasteiger partial charge in [-0.2, -0.15) is 4.98 Å². The molecule has 17 heteroatoms. The van der Waals surface area contributed by atoms with Crippen molar-refractivity contribution >= 4 is 58.7 Å². The molecular formula is C43H57N11O6. The van der Waals surface area contributed by atoms with Gasteiger partial charge in [0, 0.05) is 56.4 Å². The van der Waals surface area contributed by atoms with Gasteiger partial charge in [0.1, 0.15) is 29.5 Å². The second-order valence-electron chi connectivity index (χ2n) is 17.1. The smallest absolute Gasteiger partial charge is 0.330 e. The van der Waals surface area contributed by atoms with E-state index in [4.69, 9.17) is 0 Å². The summed E-state index contributed by atoms with van der Waals surface area (Å²) in [6.45, 7) is 11.8. The van der Waals surface area contributed by atoms with Gasteiger partial charge in [-0.1, -0.05) is 33.8 Å². The van der Waals surface area contributed by atoms with Gasteiger partial charge in [-0.3, -0.25) is 38.8 Å². The number of anilines is 4. The van der Waals surface area contributed by atoms with Crippen molar-refractivity contribution in [3.63, 3.8) is 0 Å². The van der Waals surface area contributed by atoms with Crippen LogP contribution in [0.1, 0.15) is 87.0 Å². The number of hydrogen-bond donors (Lipinski definition) is 4. The first-order valence-corrected chi connectivity index (χ1v) is 20.6. The van der Waals surface area contributed by atoms with Gasteiger partial charge in [0.2, 0.25) is 29.6 Å². The summed E-state index contributed by atoms with van der Waals surface area (Å²) in [5, 5.41) is 11.8. The third-order valence-corrected chi connectivity index (χ3v) is 11.3. The number of fused-ring (bicyclic) bond motifs is 1. The van der Waals surface area contributed by atoms with Gasteiger partial charge in [0.15, 0.2) is 0 Å². The molecule has 6 rings (SSSR count). The number of pyridine rings is 1. The Bertz CT molecular complexity index is 2150. The van der Waals surface area contributed by atoms with E-state index in [1.54, 1.807) is 56.6 Å². The largest absolute Gasteiger partial charge is 0.347 e. The third kappa shape index (κ3) is 9.34. The zero-order chi connectivity index (χ0) is 43.6. The van der Waals surface area contributed by atoms with Gasteiger partial charge in [0.25, 0.3) is 5.91 Å². The number of amides is 7. The summed E-state index contributed by atoms with van der Waals surface area (Å²) in [7, 11) is 4.91. The normalized spacial score (nSPS) is 17.8. The topological polar surface area (TPSA) is 202 Å². The SMILES string of the molecule is Cc1ccc(Nc2ncc3c(n2)N(C)C(=O)N(c2cc(C(=O)N[C@H](C(=O)N4CCCC4C(=O)NC4(C(=O)N[C@@H](CC(C)C)C(=O)N(C)C)CC4)C(C)C)ccc2C)C3)cn1. The molecule has 0 spiro atoms. The minimum Gasteiger partial charge on any atom is -0.347 e. The Balaban J connectivity index is 1.13. The zero-order valence-corrected chi connectivity index (χ0v) is 36.0. The van der Waals surface area contributed by atoms with Crippen LogP contribution in [0.25, 0.3) is 0 Å². The van der Waals surface area contributed by atoms with E-state index in [-0.39, 0.29) is 35.9 Å². The van der Waals surface area contributed by atoms with Gasteiger partial charge in [-0.05, 0) is 87.6 Å². The molecule has 1 aliphatic carbocycles. The van der Waals surface area contributed by atoms with Crippen molar-refractivity contribution in [1.82, 2.24) is 40.7 Å². The van der Waals surface area contributed by atoms with Crippen LogP contribution in [0, 0.1) is 25.7 Å². The summed E-state index contributed by atoms with van der Waals surface area (Å²) < 4.78 is 0. The maximum absolute atomic E-state index is 14.2. The van der Waals surface area contributed by atoms with Crippen LogP contribution in [-0.4, -0.2) is 112 Å². The first kappa shape index (κ1) is 43.4. The summed E-state index contributed by atoms with van der Waals surface area (Å²) in [5.74, 6) is -1.39. The monoisotopic (exact) mass is 823 g/mol. The number of hydrogen-bond acceptors (Lipinski definition) is 10. The van der Waals surface area contributed by atoms with E-state index in [0.29, 0.717) is 67.4 Å². The third-order valence-electron chi connectivity index (χ3n) is 11.3. The van der Waals surface area contributed by atoms with Gasteiger partial charge in [0.05, 0.1) is 18.4 Å². The van der Waals surface area contributed by atoms with Gasteiger partial charge in [-0.25, -0.2) is 9.78 Å². The zero-order valence-electron chi connectivity index (χ0n) is 36.0. The molecule has 1 saturated carbocycles. The Labute approximate surface area is 351 Å². The fourth-order valence-corrected chi connectivity index (χ4v) is 7.64. The van der Waals surface area contributed by atoms with Crippen LogP contribution >= 0.6 is 0 Å². The average Bonchev–Trinajstić information content (AvgIpc) is 3.82. The van der Waals surface area contributed by atoms with E-state index in [1.165, 1.54) is 14.7 Å². The first-order chi connectivity index (χ1) is 28.4. The van der Waals surface area contributed by atoms with Crippen molar-refractivity contribution in [3.05, 3.63) is 65.1 Å². The molecule has 1 saturated heterocycles. The molecule has 60 heavy (non-hydrogen) atoms. The van der Waals surface area contributed by atoms with Crippen molar-refractivity contribution in [3.8, 4) is 0 Å². The van der Waals surface area contributed by atoms with Gasteiger partial charge >= 0.3 is 6.03 Å². The summed E-state index contributed by atoms with van der Waals surface area (Å²) >= 11 is 0. The lowest BCUT2D eigenvalue weighted by Crippen LogP contribution is -2.59. The number of nitrogens with one attached hydrogen (secondary N) is 4. The molecule has 3 aliphatic rings. The predicted molar refractivity (Wildman–Crippen MR) is 226 cm³/mol. The second kappa shape index (κ2) is 17.6. The maximum Gasteiger partial charge on any atom is 0.330 e. The molecule has 1 aromatic carbocycles. The number of carbonyl (C=O) groups excluding carboxylic acids is 6. The highest BCUT2D eigenvalue weighted by atomic mass is 16.2. The standard InChI is InChI=1S/C43H57N11O6/c1-24(2)19-31(38(57)51(7)8)47-40(59)43(16-17-43)50-37(56)32-11-10-18-53(32)39(58)34(25(3)4)48-36(55)28-14-12-26(5)33(20-28)54-23-29-21-45-41(49-35(29)52(9)42(54)60)46-30-15-13-27(6)44-22-30/h12-15,20-22,24-25,31-32,34H,10-11,16-19,23H2,1-9H3,(H,47,59)(H,48,55)(H,50,56)(H,45,46,49)/t31-,32?,34-/m0/s1. The minimum absolute atomic E-state index is 0.153. The molecule has 3 aromatic rings. The van der Waals surface area contributed by atoms with Crippen molar-refractivity contribution in [2.45, 2.75) is 104 Å². The number of aromatic nitrogens is 3. The molecule has 0 radical (unpaired) electrons. The summed E-state index contributed by atoms with van der Waals surface area (Å²) in [6, 6.07) is 5.90. The Kier molecular flexibility index (Phi) is 12.8. The quantitative estimate of drug-likeness (QED) is 0.185. The van der Waals surface area contributed by atoms with Crippen molar-refractivity contribution < 1.29 is 28.8 Å². The van der Waals surface area contributed by atoms with E-state index >= 15 is 0 Å². The molecular weight excluding hydrogens is 767 g/mol. The summed E-state index contributed by atoms with van der Waals surface area (Å²) in [4.78, 5) is 101. The van der Waals surface area contributed by atoms with Crippen LogP contribution in [0.3, 0.4) is 0 Å².